The summed E-state index contributed by atoms with van der Waals surface area (Å²) in [5.41, 5.74) is 3.04. The molecule has 5 nitrogen and oxygen atoms in total. The van der Waals surface area contributed by atoms with Gasteiger partial charge in [0.1, 0.15) is 5.75 Å². The molecular formula is C21H20F3N3O2. The number of hydrogen-bond donors (Lipinski definition) is 1. The van der Waals surface area contributed by atoms with Gasteiger partial charge in [-0.3, -0.25) is 9.48 Å². The van der Waals surface area contributed by atoms with Crippen LogP contribution in [0.1, 0.15) is 34.1 Å². The Labute approximate surface area is 166 Å². The average molecular weight is 403 g/mol. The second-order valence-corrected chi connectivity index (χ2v) is 6.38. The van der Waals surface area contributed by atoms with E-state index in [0.717, 1.165) is 11.3 Å². The molecule has 0 fully saturated rings. The van der Waals surface area contributed by atoms with Gasteiger partial charge in [-0.25, -0.2) is 0 Å². The number of amides is 1. The van der Waals surface area contributed by atoms with Gasteiger partial charge in [-0.1, -0.05) is 49.4 Å². The second kappa shape index (κ2) is 8.81. The fraction of sp³-hybridized carbons (Fsp3) is 0.238. The predicted molar refractivity (Wildman–Crippen MR) is 101 cm³/mol. The Kier molecular flexibility index (Phi) is 6.21. The number of carbonyl (C=O) groups excluding carboxylic acids is 1. The number of halogens is 3. The first-order valence-corrected chi connectivity index (χ1v) is 9.07. The number of benzene rings is 2. The minimum atomic E-state index is -4.73. The highest BCUT2D eigenvalue weighted by Crippen LogP contribution is 2.22. The van der Waals surface area contributed by atoms with Crippen LogP contribution in [0.5, 0.6) is 5.75 Å². The van der Waals surface area contributed by atoms with E-state index in [1.54, 1.807) is 4.68 Å². The van der Waals surface area contributed by atoms with Crippen LogP contribution in [-0.2, 0) is 19.5 Å². The van der Waals surface area contributed by atoms with Crippen LogP contribution in [0.3, 0.4) is 0 Å². The summed E-state index contributed by atoms with van der Waals surface area (Å²) >= 11 is 0. The van der Waals surface area contributed by atoms with Crippen molar-refractivity contribution >= 4 is 5.91 Å². The molecule has 0 aliphatic rings. The van der Waals surface area contributed by atoms with Gasteiger partial charge in [0.15, 0.2) is 0 Å². The summed E-state index contributed by atoms with van der Waals surface area (Å²) in [7, 11) is 0. The second-order valence-electron chi connectivity index (χ2n) is 6.38. The molecule has 0 atom stereocenters. The van der Waals surface area contributed by atoms with Crippen molar-refractivity contribution in [2.45, 2.75) is 32.8 Å². The fourth-order valence-electron chi connectivity index (χ4n) is 2.95. The van der Waals surface area contributed by atoms with Crippen molar-refractivity contribution in [3.8, 4) is 5.75 Å². The lowest BCUT2D eigenvalue weighted by molar-refractivity contribution is -0.274. The number of alkyl halides is 3. The van der Waals surface area contributed by atoms with Crippen LogP contribution in [0.2, 0.25) is 0 Å². The normalized spacial score (nSPS) is 11.3. The number of carbonyl (C=O) groups is 1. The van der Waals surface area contributed by atoms with Gasteiger partial charge in [-0.15, -0.1) is 13.2 Å². The highest BCUT2D eigenvalue weighted by atomic mass is 19.4. The van der Waals surface area contributed by atoms with E-state index >= 15 is 0 Å². The van der Waals surface area contributed by atoms with Crippen molar-refractivity contribution in [1.29, 1.82) is 0 Å². The fourth-order valence-corrected chi connectivity index (χ4v) is 2.95. The number of rotatable bonds is 7. The van der Waals surface area contributed by atoms with Gasteiger partial charge in [-0.2, -0.15) is 5.10 Å². The largest absolute Gasteiger partial charge is 0.573 e. The van der Waals surface area contributed by atoms with Gasteiger partial charge in [0.05, 0.1) is 24.0 Å². The van der Waals surface area contributed by atoms with E-state index < -0.39 is 6.36 Å². The minimum Gasteiger partial charge on any atom is -0.406 e. The third-order valence-corrected chi connectivity index (χ3v) is 4.31. The molecule has 0 aliphatic heterocycles. The monoisotopic (exact) mass is 403 g/mol. The van der Waals surface area contributed by atoms with Crippen molar-refractivity contribution in [1.82, 2.24) is 15.1 Å². The highest BCUT2D eigenvalue weighted by Gasteiger charge is 2.30. The molecule has 29 heavy (non-hydrogen) atoms. The molecule has 0 saturated carbocycles. The lowest BCUT2D eigenvalue weighted by atomic mass is 10.1. The highest BCUT2D eigenvalue weighted by molar-refractivity contribution is 5.95. The van der Waals surface area contributed by atoms with Crippen LogP contribution in [0.25, 0.3) is 0 Å². The van der Waals surface area contributed by atoms with Gasteiger partial charge in [0.2, 0.25) is 0 Å². The number of nitrogens with zero attached hydrogens (tertiary/aromatic N) is 2. The van der Waals surface area contributed by atoms with Gasteiger partial charge >= 0.3 is 6.36 Å². The Morgan fingerprint density at radius 2 is 1.76 bits per heavy atom. The van der Waals surface area contributed by atoms with Gasteiger partial charge in [0, 0.05) is 6.54 Å². The van der Waals surface area contributed by atoms with Crippen LogP contribution in [0.15, 0.2) is 60.8 Å². The van der Waals surface area contributed by atoms with Crippen LogP contribution in [0, 0.1) is 0 Å². The zero-order valence-corrected chi connectivity index (χ0v) is 15.7. The standard InChI is InChI=1S/C21H20F3N3O2/c1-2-19-18(13-26-27(19)14-16-6-4-3-5-7-16)20(28)25-12-15-8-10-17(11-9-15)29-21(22,23)24/h3-11,13H,2,12,14H2,1H3,(H,25,28). The zero-order chi connectivity index (χ0) is 20.9. The summed E-state index contributed by atoms with van der Waals surface area (Å²) in [6, 6.07) is 15.2. The molecule has 152 valence electrons. The first-order chi connectivity index (χ1) is 13.9. The molecule has 3 rings (SSSR count). The van der Waals surface area contributed by atoms with E-state index in [1.165, 1.54) is 30.5 Å². The molecule has 1 heterocycles. The first kappa shape index (κ1) is 20.4. The van der Waals surface area contributed by atoms with E-state index in [9.17, 15) is 18.0 Å². The summed E-state index contributed by atoms with van der Waals surface area (Å²) in [5.74, 6) is -0.584. The molecule has 0 bridgehead atoms. The summed E-state index contributed by atoms with van der Waals surface area (Å²) in [4.78, 5) is 12.6. The molecule has 0 spiro atoms. The van der Waals surface area contributed by atoms with Crippen LogP contribution < -0.4 is 10.1 Å². The van der Waals surface area contributed by atoms with E-state index in [1.807, 2.05) is 37.3 Å². The molecule has 1 N–H and O–H groups in total. The summed E-state index contributed by atoms with van der Waals surface area (Å²) < 4.78 is 42.3. The number of hydrogen-bond acceptors (Lipinski definition) is 3. The number of nitrogens with one attached hydrogen (secondary N) is 1. The molecule has 1 aromatic heterocycles. The molecule has 3 aromatic rings. The van der Waals surface area contributed by atoms with Crippen molar-refractivity contribution in [3.63, 3.8) is 0 Å². The smallest absolute Gasteiger partial charge is 0.406 e. The van der Waals surface area contributed by atoms with E-state index in [2.05, 4.69) is 15.2 Å². The Hall–Kier alpha value is -3.29. The lowest BCUT2D eigenvalue weighted by Crippen LogP contribution is -2.24. The Balaban J connectivity index is 1.63. The maximum atomic E-state index is 12.6. The van der Waals surface area contributed by atoms with Crippen LogP contribution >= 0.6 is 0 Å². The zero-order valence-electron chi connectivity index (χ0n) is 15.7. The van der Waals surface area contributed by atoms with Crippen molar-refractivity contribution < 1.29 is 22.7 Å². The Bertz CT molecular complexity index is 952. The summed E-state index contributed by atoms with van der Waals surface area (Å²) in [6.45, 7) is 2.70. The Morgan fingerprint density at radius 3 is 2.38 bits per heavy atom. The molecule has 8 heteroatoms. The molecular weight excluding hydrogens is 383 g/mol. The van der Waals surface area contributed by atoms with Crippen molar-refractivity contribution in [2.75, 3.05) is 0 Å². The lowest BCUT2D eigenvalue weighted by Gasteiger charge is -2.10. The molecule has 0 aliphatic carbocycles. The number of aromatic nitrogens is 2. The SMILES string of the molecule is CCc1c(C(=O)NCc2ccc(OC(F)(F)F)cc2)cnn1Cc1ccccc1. The minimum absolute atomic E-state index is 0.179. The molecule has 0 unspecified atom stereocenters. The molecule has 0 radical (unpaired) electrons. The Morgan fingerprint density at radius 1 is 1.07 bits per heavy atom. The van der Waals surface area contributed by atoms with Crippen LogP contribution in [0.4, 0.5) is 13.2 Å². The first-order valence-electron chi connectivity index (χ1n) is 9.07. The number of ether oxygens (including phenoxy) is 1. The average Bonchev–Trinajstić information content (AvgIpc) is 3.09. The predicted octanol–water partition coefficient (Wildman–Crippen LogP) is 4.32. The van der Waals surface area contributed by atoms with Crippen molar-refractivity contribution in [2.24, 2.45) is 0 Å². The van der Waals surface area contributed by atoms with E-state index in [-0.39, 0.29) is 18.2 Å². The molecule has 2 aromatic carbocycles. The third-order valence-electron chi connectivity index (χ3n) is 4.31. The summed E-state index contributed by atoms with van der Waals surface area (Å²) in [6.07, 6.45) is -2.55. The maximum Gasteiger partial charge on any atom is 0.573 e. The van der Waals surface area contributed by atoms with E-state index in [4.69, 9.17) is 0 Å². The third kappa shape index (κ3) is 5.60. The van der Waals surface area contributed by atoms with Crippen LogP contribution in [-0.4, -0.2) is 22.1 Å². The van der Waals surface area contributed by atoms with E-state index in [0.29, 0.717) is 24.1 Å². The molecule has 0 saturated heterocycles. The summed E-state index contributed by atoms with van der Waals surface area (Å²) in [5, 5.41) is 7.12. The van der Waals surface area contributed by atoms with Gasteiger partial charge in [-0.05, 0) is 29.7 Å². The quantitative estimate of drug-likeness (QED) is 0.639. The molecule has 1 amide bonds. The maximum absolute atomic E-state index is 12.6. The van der Waals surface area contributed by atoms with Crippen molar-refractivity contribution in [3.05, 3.63) is 83.2 Å². The topological polar surface area (TPSA) is 56.1 Å². The van der Waals surface area contributed by atoms with Gasteiger partial charge < -0.3 is 10.1 Å². The van der Waals surface area contributed by atoms with Gasteiger partial charge in [0.25, 0.3) is 5.91 Å².